The molecule has 0 saturated carbocycles. The number of amides is 1. The first kappa shape index (κ1) is 21.7. The molecule has 0 spiro atoms. The van der Waals surface area contributed by atoms with Crippen LogP contribution in [0.2, 0.25) is 0 Å². The van der Waals surface area contributed by atoms with Crippen LogP contribution in [0.5, 0.6) is 0 Å². The van der Waals surface area contributed by atoms with Crippen LogP contribution in [0, 0.1) is 13.8 Å². The first-order valence-electron chi connectivity index (χ1n) is 10.0. The van der Waals surface area contributed by atoms with Crippen LogP contribution in [0.3, 0.4) is 0 Å². The Morgan fingerprint density at radius 3 is 2.29 bits per heavy atom. The molecule has 0 unspecified atom stereocenters. The number of benzene rings is 2. The van der Waals surface area contributed by atoms with Crippen LogP contribution in [-0.2, 0) is 12.2 Å². The van der Waals surface area contributed by atoms with Gasteiger partial charge in [-0.05, 0) is 50.1 Å². The van der Waals surface area contributed by atoms with Crippen molar-refractivity contribution in [3.05, 3.63) is 86.1 Å². The Hall–Kier alpha value is -2.48. The lowest BCUT2D eigenvalue weighted by Gasteiger charge is -2.07. The number of aryl methyl sites for hydroxylation is 2. The lowest BCUT2D eigenvalue weighted by atomic mass is 10.1. The Morgan fingerprint density at radius 2 is 1.65 bits per heavy atom. The molecular formula is C24H23N3OS3. The van der Waals surface area contributed by atoms with Gasteiger partial charge in [0.1, 0.15) is 0 Å². The zero-order valence-corrected chi connectivity index (χ0v) is 19.9. The molecule has 1 N–H and O–H groups in total. The van der Waals surface area contributed by atoms with Crippen LogP contribution in [0.15, 0.2) is 64.2 Å². The van der Waals surface area contributed by atoms with Gasteiger partial charge in [0.15, 0.2) is 0 Å². The van der Waals surface area contributed by atoms with Crippen molar-refractivity contribution in [3.8, 4) is 11.3 Å². The van der Waals surface area contributed by atoms with E-state index in [0.29, 0.717) is 12.1 Å². The highest BCUT2D eigenvalue weighted by atomic mass is 32.2. The summed E-state index contributed by atoms with van der Waals surface area (Å²) < 4.78 is 0. The highest BCUT2D eigenvalue weighted by molar-refractivity contribution is 7.98. The van der Waals surface area contributed by atoms with Crippen molar-refractivity contribution in [1.82, 2.24) is 15.3 Å². The topological polar surface area (TPSA) is 54.9 Å². The number of thioether (sulfide) groups is 1. The van der Waals surface area contributed by atoms with Gasteiger partial charge in [0.05, 0.1) is 21.4 Å². The molecule has 0 radical (unpaired) electrons. The zero-order chi connectivity index (χ0) is 21.6. The normalized spacial score (nSPS) is 10.9. The van der Waals surface area contributed by atoms with Crippen molar-refractivity contribution in [3.63, 3.8) is 0 Å². The number of carbonyl (C=O) groups is 1. The van der Waals surface area contributed by atoms with E-state index >= 15 is 0 Å². The van der Waals surface area contributed by atoms with Crippen molar-refractivity contribution in [2.75, 3.05) is 6.54 Å². The fourth-order valence-corrected chi connectivity index (χ4v) is 5.23. The van der Waals surface area contributed by atoms with Crippen molar-refractivity contribution >= 4 is 40.3 Å². The summed E-state index contributed by atoms with van der Waals surface area (Å²) in [5.74, 6) is 0.803. The summed E-state index contributed by atoms with van der Waals surface area (Å²) in [6.07, 6.45) is 0.795. The Labute approximate surface area is 194 Å². The molecule has 1 amide bonds. The van der Waals surface area contributed by atoms with Crippen molar-refractivity contribution in [2.45, 2.75) is 30.9 Å². The van der Waals surface area contributed by atoms with Crippen molar-refractivity contribution < 1.29 is 4.79 Å². The zero-order valence-electron chi connectivity index (χ0n) is 17.4. The second kappa shape index (κ2) is 10.2. The van der Waals surface area contributed by atoms with Gasteiger partial charge in [0, 0.05) is 39.1 Å². The number of nitrogens with zero attached hydrogens (tertiary/aromatic N) is 2. The lowest BCUT2D eigenvalue weighted by molar-refractivity contribution is 0.0954. The number of rotatable bonds is 8. The predicted octanol–water partition coefficient (Wildman–Crippen LogP) is 6.15. The summed E-state index contributed by atoms with van der Waals surface area (Å²) in [5, 5.41) is 9.35. The number of aromatic nitrogens is 2. The molecule has 0 bridgehead atoms. The van der Waals surface area contributed by atoms with E-state index in [1.54, 1.807) is 34.4 Å². The molecule has 2 aromatic heterocycles. The molecule has 0 atom stereocenters. The molecule has 0 aliphatic rings. The molecule has 4 rings (SSSR count). The third-order valence-electron chi connectivity index (χ3n) is 4.74. The summed E-state index contributed by atoms with van der Waals surface area (Å²) >= 11 is 5.06. The van der Waals surface area contributed by atoms with E-state index in [1.165, 1.54) is 5.56 Å². The molecule has 0 aliphatic carbocycles. The SMILES string of the molecule is Cc1nc(CSc2ccc(C(=O)NCCc3ccc(-c4csc(C)n4)cc3)cc2)cs1. The Bertz CT molecular complexity index is 1150. The largest absolute Gasteiger partial charge is 0.352 e. The van der Waals surface area contributed by atoms with E-state index in [0.717, 1.165) is 44.0 Å². The second-order valence-electron chi connectivity index (χ2n) is 7.13. The average Bonchev–Trinajstić information content (AvgIpc) is 3.41. The van der Waals surface area contributed by atoms with E-state index in [-0.39, 0.29) is 5.91 Å². The second-order valence-corrected chi connectivity index (χ2v) is 10.3. The molecular weight excluding hydrogens is 442 g/mol. The molecule has 31 heavy (non-hydrogen) atoms. The van der Waals surface area contributed by atoms with Gasteiger partial charge in [-0.15, -0.1) is 34.4 Å². The summed E-state index contributed by atoms with van der Waals surface area (Å²) in [5.41, 5.74) is 5.12. The van der Waals surface area contributed by atoms with Crippen LogP contribution in [0.4, 0.5) is 0 Å². The summed E-state index contributed by atoms with van der Waals surface area (Å²) in [6, 6.07) is 16.2. The number of nitrogens with one attached hydrogen (secondary N) is 1. The van der Waals surface area contributed by atoms with Gasteiger partial charge in [-0.2, -0.15) is 0 Å². The third kappa shape index (κ3) is 6.03. The van der Waals surface area contributed by atoms with Gasteiger partial charge in [0.25, 0.3) is 5.91 Å². The average molecular weight is 466 g/mol. The lowest BCUT2D eigenvalue weighted by Crippen LogP contribution is -2.25. The maximum atomic E-state index is 12.4. The smallest absolute Gasteiger partial charge is 0.251 e. The number of hydrogen-bond donors (Lipinski definition) is 1. The fraction of sp³-hybridized carbons (Fsp3) is 0.208. The summed E-state index contributed by atoms with van der Waals surface area (Å²) in [6.45, 7) is 4.64. The Kier molecular flexibility index (Phi) is 7.17. The minimum atomic E-state index is -0.0405. The monoisotopic (exact) mass is 465 g/mol. The van der Waals surface area contributed by atoms with E-state index in [1.807, 2.05) is 38.1 Å². The van der Waals surface area contributed by atoms with Gasteiger partial charge >= 0.3 is 0 Å². The maximum absolute atomic E-state index is 12.4. The number of hydrogen-bond acceptors (Lipinski definition) is 6. The highest BCUT2D eigenvalue weighted by Gasteiger charge is 2.07. The van der Waals surface area contributed by atoms with Crippen molar-refractivity contribution in [2.24, 2.45) is 0 Å². The Morgan fingerprint density at radius 1 is 0.935 bits per heavy atom. The number of carbonyl (C=O) groups excluding carboxylic acids is 1. The fourth-order valence-electron chi connectivity index (χ4n) is 3.09. The first-order valence-corrected chi connectivity index (χ1v) is 12.7. The van der Waals surface area contributed by atoms with Crippen molar-refractivity contribution in [1.29, 1.82) is 0 Å². The minimum absolute atomic E-state index is 0.0405. The van der Waals surface area contributed by atoms with Crippen LogP contribution in [0.25, 0.3) is 11.3 Å². The molecule has 0 saturated heterocycles. The number of thiazole rings is 2. The van der Waals surface area contributed by atoms with Gasteiger partial charge in [-0.3, -0.25) is 4.79 Å². The molecule has 7 heteroatoms. The van der Waals surface area contributed by atoms with Gasteiger partial charge in [-0.1, -0.05) is 24.3 Å². The predicted molar refractivity (Wildman–Crippen MR) is 131 cm³/mol. The molecule has 4 aromatic rings. The van der Waals surface area contributed by atoms with E-state index < -0.39 is 0 Å². The molecule has 0 fully saturated rings. The van der Waals surface area contributed by atoms with Crippen LogP contribution in [0.1, 0.15) is 31.6 Å². The quantitative estimate of drug-likeness (QED) is 0.317. The van der Waals surface area contributed by atoms with E-state index in [2.05, 4.69) is 50.3 Å². The summed E-state index contributed by atoms with van der Waals surface area (Å²) in [4.78, 5) is 22.6. The van der Waals surface area contributed by atoms with Gasteiger partial charge < -0.3 is 5.32 Å². The highest BCUT2D eigenvalue weighted by Crippen LogP contribution is 2.24. The van der Waals surface area contributed by atoms with Crippen LogP contribution >= 0.6 is 34.4 Å². The molecule has 4 nitrogen and oxygen atoms in total. The van der Waals surface area contributed by atoms with Gasteiger partial charge in [-0.25, -0.2) is 9.97 Å². The van der Waals surface area contributed by atoms with Crippen LogP contribution in [-0.4, -0.2) is 22.4 Å². The molecule has 2 aromatic carbocycles. The van der Waals surface area contributed by atoms with Gasteiger partial charge in [0.2, 0.25) is 0 Å². The maximum Gasteiger partial charge on any atom is 0.251 e. The van der Waals surface area contributed by atoms with E-state index in [9.17, 15) is 4.79 Å². The summed E-state index contributed by atoms with van der Waals surface area (Å²) in [7, 11) is 0. The molecule has 2 heterocycles. The first-order chi connectivity index (χ1) is 15.1. The van der Waals surface area contributed by atoms with E-state index in [4.69, 9.17) is 0 Å². The Balaban J connectivity index is 1.24. The standard InChI is InChI=1S/C24H23N3OS3/c1-16-26-21(13-29-16)14-31-22-9-7-20(8-10-22)24(28)25-12-11-18-3-5-19(6-4-18)23-15-30-17(2)27-23/h3-10,13,15H,11-12,14H2,1-2H3,(H,25,28). The molecule has 0 aliphatic heterocycles. The minimum Gasteiger partial charge on any atom is -0.352 e. The van der Waals surface area contributed by atoms with Crippen LogP contribution < -0.4 is 5.32 Å². The molecule has 158 valence electrons. The third-order valence-corrected chi connectivity index (χ3v) is 7.38.